The minimum absolute atomic E-state index is 0.377. The van der Waals surface area contributed by atoms with Gasteiger partial charge in [0.25, 0.3) is 0 Å². The van der Waals surface area contributed by atoms with Crippen molar-refractivity contribution in [1.82, 2.24) is 9.21 Å². The second-order valence-corrected chi connectivity index (χ2v) is 7.32. The lowest BCUT2D eigenvalue weighted by atomic mass is 10.3. The van der Waals surface area contributed by atoms with Gasteiger partial charge in [0.05, 0.1) is 5.69 Å². The van der Waals surface area contributed by atoms with Crippen LogP contribution >= 0.6 is 0 Å². The highest BCUT2D eigenvalue weighted by atomic mass is 32.2. The van der Waals surface area contributed by atoms with E-state index in [1.54, 1.807) is 29.6 Å². The van der Waals surface area contributed by atoms with Gasteiger partial charge in [0, 0.05) is 39.3 Å². The molecule has 0 atom stereocenters. The van der Waals surface area contributed by atoms with Gasteiger partial charge in [-0.2, -0.15) is 4.31 Å². The van der Waals surface area contributed by atoms with E-state index in [-0.39, 0.29) is 0 Å². The molecule has 0 aromatic heterocycles. The molecule has 0 radical (unpaired) electrons. The summed E-state index contributed by atoms with van der Waals surface area (Å²) in [5, 5.41) is 2.96. The molecule has 0 amide bonds. The van der Waals surface area contributed by atoms with Crippen molar-refractivity contribution in [1.29, 1.82) is 0 Å². The lowest BCUT2D eigenvalue weighted by Gasteiger charge is -2.34. The minimum atomic E-state index is -3.39. The minimum Gasteiger partial charge on any atom is -0.387 e. The molecule has 1 saturated heterocycles. The van der Waals surface area contributed by atoms with Gasteiger partial charge in [-0.15, -0.1) is 0 Å². The Morgan fingerprint density at radius 3 is 2.35 bits per heavy atom. The summed E-state index contributed by atoms with van der Waals surface area (Å²) in [5.74, 6) is 0. The standard InChI is InChI=1S/C14H21N3O2S/c1-15-13-4-2-3-5-14(13)20(18,19)17-10-8-16(9-11-17)12-6-7-12/h2-5,12,15H,6-11H2,1H3. The summed E-state index contributed by atoms with van der Waals surface area (Å²) >= 11 is 0. The molecule has 5 nitrogen and oxygen atoms in total. The number of hydrogen-bond donors (Lipinski definition) is 1. The highest BCUT2D eigenvalue weighted by Crippen LogP contribution is 2.29. The average molecular weight is 295 g/mol. The van der Waals surface area contributed by atoms with E-state index in [1.807, 2.05) is 6.07 Å². The number of rotatable bonds is 4. The van der Waals surface area contributed by atoms with Gasteiger partial charge >= 0.3 is 0 Å². The number of sulfonamides is 1. The molecule has 1 N–H and O–H groups in total. The maximum Gasteiger partial charge on any atom is 0.245 e. The van der Waals surface area contributed by atoms with Crippen molar-refractivity contribution in [2.75, 3.05) is 38.5 Å². The van der Waals surface area contributed by atoms with Crippen LogP contribution in [-0.4, -0.2) is 56.9 Å². The molecule has 1 aromatic rings. The quantitative estimate of drug-likeness (QED) is 0.907. The Kier molecular flexibility index (Phi) is 3.70. The summed E-state index contributed by atoms with van der Waals surface area (Å²) in [6, 6.07) is 7.80. The number of para-hydroxylation sites is 1. The Hall–Kier alpha value is -1.11. The third-order valence-corrected chi connectivity index (χ3v) is 6.07. The lowest BCUT2D eigenvalue weighted by Crippen LogP contribution is -2.49. The number of nitrogens with zero attached hydrogens (tertiary/aromatic N) is 2. The van der Waals surface area contributed by atoms with Crippen LogP contribution in [-0.2, 0) is 10.0 Å². The van der Waals surface area contributed by atoms with Gasteiger partial charge in [-0.1, -0.05) is 12.1 Å². The zero-order valence-electron chi connectivity index (χ0n) is 11.7. The number of hydrogen-bond acceptors (Lipinski definition) is 4. The second kappa shape index (κ2) is 5.35. The molecule has 20 heavy (non-hydrogen) atoms. The van der Waals surface area contributed by atoms with Crippen molar-refractivity contribution in [2.24, 2.45) is 0 Å². The smallest absolute Gasteiger partial charge is 0.245 e. The van der Waals surface area contributed by atoms with E-state index in [0.717, 1.165) is 13.1 Å². The van der Waals surface area contributed by atoms with Crippen LogP contribution in [0, 0.1) is 0 Å². The predicted molar refractivity (Wildman–Crippen MR) is 79.3 cm³/mol. The fourth-order valence-electron chi connectivity index (χ4n) is 2.79. The van der Waals surface area contributed by atoms with Crippen LogP contribution in [0.4, 0.5) is 5.69 Å². The third-order valence-electron chi connectivity index (χ3n) is 4.11. The maximum atomic E-state index is 12.7. The van der Waals surface area contributed by atoms with Gasteiger partial charge in [-0.3, -0.25) is 4.90 Å². The Balaban J connectivity index is 1.78. The molecular formula is C14H21N3O2S. The first kappa shape index (κ1) is 13.9. The normalized spacial score (nSPS) is 21.9. The SMILES string of the molecule is CNc1ccccc1S(=O)(=O)N1CCN(C2CC2)CC1. The zero-order chi connectivity index (χ0) is 14.2. The summed E-state index contributed by atoms with van der Waals surface area (Å²) in [6.45, 7) is 2.89. The summed E-state index contributed by atoms with van der Waals surface area (Å²) in [5.41, 5.74) is 0.664. The van der Waals surface area contributed by atoms with E-state index in [0.29, 0.717) is 29.7 Å². The van der Waals surface area contributed by atoms with E-state index in [2.05, 4.69) is 10.2 Å². The molecule has 1 aromatic carbocycles. The van der Waals surface area contributed by atoms with Crippen LogP contribution in [0.25, 0.3) is 0 Å². The van der Waals surface area contributed by atoms with E-state index in [1.165, 1.54) is 12.8 Å². The van der Waals surface area contributed by atoms with E-state index < -0.39 is 10.0 Å². The zero-order valence-corrected chi connectivity index (χ0v) is 12.6. The van der Waals surface area contributed by atoms with Gasteiger partial charge in [0.2, 0.25) is 10.0 Å². The van der Waals surface area contributed by atoms with Crippen LogP contribution in [0.1, 0.15) is 12.8 Å². The first-order valence-electron chi connectivity index (χ1n) is 7.14. The fraction of sp³-hybridized carbons (Fsp3) is 0.571. The molecule has 0 spiro atoms. The third kappa shape index (κ3) is 2.55. The number of piperazine rings is 1. The summed E-state index contributed by atoms with van der Waals surface area (Å²) in [7, 11) is -1.64. The summed E-state index contributed by atoms with van der Waals surface area (Å²) < 4.78 is 27.1. The van der Waals surface area contributed by atoms with Crippen LogP contribution in [0.5, 0.6) is 0 Å². The Morgan fingerprint density at radius 2 is 1.75 bits per heavy atom. The number of anilines is 1. The lowest BCUT2D eigenvalue weighted by molar-refractivity contribution is 0.180. The predicted octanol–water partition coefficient (Wildman–Crippen LogP) is 1.20. The molecule has 1 aliphatic heterocycles. The highest BCUT2D eigenvalue weighted by molar-refractivity contribution is 7.89. The Labute approximate surface area is 120 Å². The Morgan fingerprint density at radius 1 is 1.10 bits per heavy atom. The van der Waals surface area contributed by atoms with Crippen molar-refractivity contribution in [3.05, 3.63) is 24.3 Å². The van der Waals surface area contributed by atoms with Crippen molar-refractivity contribution in [2.45, 2.75) is 23.8 Å². The van der Waals surface area contributed by atoms with Crippen LogP contribution in [0.15, 0.2) is 29.2 Å². The first-order chi connectivity index (χ1) is 9.63. The molecule has 110 valence electrons. The number of nitrogens with one attached hydrogen (secondary N) is 1. The molecule has 1 heterocycles. The van der Waals surface area contributed by atoms with E-state index in [4.69, 9.17) is 0 Å². The van der Waals surface area contributed by atoms with E-state index >= 15 is 0 Å². The van der Waals surface area contributed by atoms with Gasteiger partial charge in [0.1, 0.15) is 4.90 Å². The molecule has 0 unspecified atom stereocenters. The van der Waals surface area contributed by atoms with Crippen LogP contribution in [0.3, 0.4) is 0 Å². The molecule has 3 rings (SSSR count). The fourth-order valence-corrected chi connectivity index (χ4v) is 4.41. The van der Waals surface area contributed by atoms with Gasteiger partial charge in [-0.05, 0) is 25.0 Å². The molecular weight excluding hydrogens is 274 g/mol. The summed E-state index contributed by atoms with van der Waals surface area (Å²) in [4.78, 5) is 2.79. The maximum absolute atomic E-state index is 12.7. The van der Waals surface area contributed by atoms with Gasteiger partial charge in [0.15, 0.2) is 0 Å². The van der Waals surface area contributed by atoms with Gasteiger partial charge < -0.3 is 5.32 Å². The monoisotopic (exact) mass is 295 g/mol. The van der Waals surface area contributed by atoms with Crippen molar-refractivity contribution < 1.29 is 8.42 Å². The molecule has 0 bridgehead atoms. The molecule has 6 heteroatoms. The van der Waals surface area contributed by atoms with Crippen LogP contribution in [0.2, 0.25) is 0 Å². The molecule has 2 aliphatic rings. The number of benzene rings is 1. The first-order valence-corrected chi connectivity index (χ1v) is 8.58. The van der Waals surface area contributed by atoms with E-state index in [9.17, 15) is 8.42 Å². The molecule has 2 fully saturated rings. The highest BCUT2D eigenvalue weighted by Gasteiger charge is 2.35. The molecule has 1 aliphatic carbocycles. The Bertz CT molecular complexity index is 576. The van der Waals surface area contributed by atoms with Crippen molar-refractivity contribution in [3.63, 3.8) is 0 Å². The van der Waals surface area contributed by atoms with Crippen LogP contribution < -0.4 is 5.32 Å². The summed E-state index contributed by atoms with van der Waals surface area (Å²) in [6.07, 6.45) is 2.55. The second-order valence-electron chi connectivity index (χ2n) is 5.42. The van der Waals surface area contributed by atoms with Gasteiger partial charge in [-0.25, -0.2) is 8.42 Å². The topological polar surface area (TPSA) is 52.7 Å². The average Bonchev–Trinajstić information content (AvgIpc) is 3.32. The van der Waals surface area contributed by atoms with Crippen molar-refractivity contribution in [3.8, 4) is 0 Å². The molecule has 1 saturated carbocycles. The van der Waals surface area contributed by atoms with Crippen molar-refractivity contribution >= 4 is 15.7 Å². The largest absolute Gasteiger partial charge is 0.387 e.